The van der Waals surface area contributed by atoms with Gasteiger partial charge in [0.15, 0.2) is 0 Å². The Balaban J connectivity index is 1.96. The van der Waals surface area contributed by atoms with E-state index in [4.69, 9.17) is 5.11 Å². The molecule has 0 radical (unpaired) electrons. The first-order valence-corrected chi connectivity index (χ1v) is 7.40. The molecule has 0 atom stereocenters. The first-order valence-electron chi connectivity index (χ1n) is 7.40. The minimum absolute atomic E-state index is 0.0115. The van der Waals surface area contributed by atoms with Gasteiger partial charge in [0.1, 0.15) is 0 Å². The van der Waals surface area contributed by atoms with Crippen molar-refractivity contribution in [1.82, 2.24) is 4.90 Å². The van der Waals surface area contributed by atoms with Crippen LogP contribution in [0.4, 0.5) is 0 Å². The molecule has 1 aliphatic carbocycles. The average molecular weight is 273 g/mol. The summed E-state index contributed by atoms with van der Waals surface area (Å²) in [7, 11) is 0. The van der Waals surface area contributed by atoms with Gasteiger partial charge in [-0.15, -0.1) is 0 Å². The molecule has 1 amide bonds. The largest absolute Gasteiger partial charge is 0.395 e. The first-order chi connectivity index (χ1) is 9.79. The fourth-order valence-corrected chi connectivity index (χ4v) is 2.59. The Kier molecular flexibility index (Phi) is 5.81. The van der Waals surface area contributed by atoms with Gasteiger partial charge in [0, 0.05) is 19.5 Å². The maximum Gasteiger partial charge on any atom is 0.227 e. The molecule has 0 aliphatic heterocycles. The highest BCUT2D eigenvalue weighted by molar-refractivity contribution is 5.78. The van der Waals surface area contributed by atoms with Gasteiger partial charge in [0.25, 0.3) is 0 Å². The minimum atomic E-state index is 0.0115. The maximum absolute atomic E-state index is 12.4. The molecule has 0 saturated carbocycles. The van der Waals surface area contributed by atoms with E-state index in [1.165, 1.54) is 18.4 Å². The van der Waals surface area contributed by atoms with Crippen molar-refractivity contribution in [2.24, 2.45) is 0 Å². The molecule has 1 aromatic carbocycles. The lowest BCUT2D eigenvalue weighted by atomic mass is 9.97. The number of aliphatic hydroxyl groups is 1. The van der Waals surface area contributed by atoms with Crippen LogP contribution in [0, 0.1) is 0 Å². The summed E-state index contributed by atoms with van der Waals surface area (Å²) in [6.07, 6.45) is 7.29. The zero-order chi connectivity index (χ0) is 14.2. The standard InChI is InChI=1S/C17H23NO2/c19-12-11-18(14-16-9-5-2-6-10-16)17(20)13-15-7-3-1-4-8-15/h2,5-7,9-10,19H,1,3-4,8,11-14H2. The quantitative estimate of drug-likeness (QED) is 0.810. The Bertz CT molecular complexity index is 453. The highest BCUT2D eigenvalue weighted by atomic mass is 16.3. The van der Waals surface area contributed by atoms with Crippen molar-refractivity contribution in [3.05, 3.63) is 47.5 Å². The fraction of sp³-hybridized carbons (Fsp3) is 0.471. The van der Waals surface area contributed by atoms with E-state index < -0.39 is 0 Å². The van der Waals surface area contributed by atoms with Gasteiger partial charge in [-0.1, -0.05) is 42.0 Å². The van der Waals surface area contributed by atoms with E-state index >= 15 is 0 Å². The van der Waals surface area contributed by atoms with E-state index in [0.29, 0.717) is 19.5 Å². The van der Waals surface area contributed by atoms with Gasteiger partial charge in [-0.25, -0.2) is 0 Å². The van der Waals surface area contributed by atoms with Crippen molar-refractivity contribution >= 4 is 5.91 Å². The molecule has 0 fully saturated rings. The molecule has 0 unspecified atom stereocenters. The molecule has 2 rings (SSSR count). The third kappa shape index (κ3) is 4.49. The summed E-state index contributed by atoms with van der Waals surface area (Å²) >= 11 is 0. The van der Waals surface area contributed by atoms with Crippen LogP contribution in [0.3, 0.4) is 0 Å². The van der Waals surface area contributed by atoms with Crippen LogP contribution in [-0.2, 0) is 11.3 Å². The molecular weight excluding hydrogens is 250 g/mol. The van der Waals surface area contributed by atoms with Crippen LogP contribution < -0.4 is 0 Å². The second-order valence-electron chi connectivity index (χ2n) is 5.31. The minimum Gasteiger partial charge on any atom is -0.395 e. The van der Waals surface area contributed by atoms with E-state index in [0.717, 1.165) is 18.4 Å². The van der Waals surface area contributed by atoms with E-state index in [9.17, 15) is 4.79 Å². The third-order valence-corrected chi connectivity index (χ3v) is 3.70. The SMILES string of the molecule is O=C(CC1=CCCCC1)N(CCO)Cc1ccccc1. The van der Waals surface area contributed by atoms with Crippen LogP contribution in [0.1, 0.15) is 37.7 Å². The number of rotatable bonds is 6. The Hall–Kier alpha value is -1.61. The predicted octanol–water partition coefficient (Wildman–Crippen LogP) is 2.90. The smallest absolute Gasteiger partial charge is 0.227 e. The average Bonchev–Trinajstić information content (AvgIpc) is 2.49. The Morgan fingerprint density at radius 2 is 2.00 bits per heavy atom. The van der Waals surface area contributed by atoms with Gasteiger partial charge in [-0.2, -0.15) is 0 Å². The van der Waals surface area contributed by atoms with E-state index in [-0.39, 0.29) is 12.5 Å². The Morgan fingerprint density at radius 1 is 1.20 bits per heavy atom. The van der Waals surface area contributed by atoms with Crippen molar-refractivity contribution in [1.29, 1.82) is 0 Å². The molecule has 1 aromatic rings. The predicted molar refractivity (Wildman–Crippen MR) is 80.1 cm³/mol. The molecule has 1 N–H and O–H groups in total. The number of carbonyl (C=O) groups is 1. The van der Waals surface area contributed by atoms with Gasteiger partial charge in [-0.05, 0) is 31.2 Å². The lowest BCUT2D eigenvalue weighted by Crippen LogP contribution is -2.33. The van der Waals surface area contributed by atoms with Crippen LogP contribution >= 0.6 is 0 Å². The van der Waals surface area contributed by atoms with Crippen LogP contribution in [-0.4, -0.2) is 29.1 Å². The van der Waals surface area contributed by atoms with Gasteiger partial charge >= 0.3 is 0 Å². The molecule has 3 heteroatoms. The molecule has 1 aliphatic rings. The molecule has 0 spiro atoms. The van der Waals surface area contributed by atoms with Gasteiger partial charge < -0.3 is 10.0 Å². The van der Waals surface area contributed by atoms with Crippen LogP contribution in [0.5, 0.6) is 0 Å². The Labute approximate surface area is 120 Å². The van der Waals surface area contributed by atoms with Gasteiger partial charge in [-0.3, -0.25) is 4.79 Å². The normalized spacial score (nSPS) is 14.8. The molecule has 20 heavy (non-hydrogen) atoms. The van der Waals surface area contributed by atoms with E-state index in [1.807, 2.05) is 30.3 Å². The van der Waals surface area contributed by atoms with Gasteiger partial charge in [0.05, 0.1) is 6.61 Å². The molecule has 0 heterocycles. The van der Waals surface area contributed by atoms with Crippen molar-refractivity contribution in [3.8, 4) is 0 Å². The van der Waals surface area contributed by atoms with Gasteiger partial charge in [0.2, 0.25) is 5.91 Å². The van der Waals surface area contributed by atoms with Crippen molar-refractivity contribution in [2.75, 3.05) is 13.2 Å². The third-order valence-electron chi connectivity index (χ3n) is 3.70. The van der Waals surface area contributed by atoms with Crippen LogP contribution in [0.2, 0.25) is 0 Å². The summed E-state index contributed by atoms with van der Waals surface area (Å²) in [6.45, 7) is 0.992. The van der Waals surface area contributed by atoms with Crippen LogP contribution in [0.25, 0.3) is 0 Å². The second kappa shape index (κ2) is 7.85. The molecule has 3 nitrogen and oxygen atoms in total. The van der Waals surface area contributed by atoms with E-state index in [1.54, 1.807) is 4.90 Å². The summed E-state index contributed by atoms with van der Waals surface area (Å²) in [5.41, 5.74) is 2.36. The zero-order valence-electron chi connectivity index (χ0n) is 11.9. The van der Waals surface area contributed by atoms with Crippen molar-refractivity contribution in [2.45, 2.75) is 38.6 Å². The maximum atomic E-state index is 12.4. The van der Waals surface area contributed by atoms with E-state index in [2.05, 4.69) is 6.08 Å². The molecule has 0 bridgehead atoms. The first kappa shape index (κ1) is 14.8. The monoisotopic (exact) mass is 273 g/mol. The molecule has 0 aromatic heterocycles. The number of carbonyl (C=O) groups excluding carboxylic acids is 1. The summed E-state index contributed by atoms with van der Waals surface area (Å²) < 4.78 is 0. The summed E-state index contributed by atoms with van der Waals surface area (Å²) in [5.74, 6) is 0.121. The number of nitrogens with zero attached hydrogens (tertiary/aromatic N) is 1. The number of allylic oxidation sites excluding steroid dienone is 1. The summed E-state index contributed by atoms with van der Waals surface area (Å²) in [4.78, 5) is 14.1. The summed E-state index contributed by atoms with van der Waals surface area (Å²) in [6, 6.07) is 9.94. The number of aliphatic hydroxyl groups excluding tert-OH is 1. The zero-order valence-corrected chi connectivity index (χ0v) is 11.9. The highest BCUT2D eigenvalue weighted by Gasteiger charge is 2.16. The highest BCUT2D eigenvalue weighted by Crippen LogP contribution is 2.21. The number of hydrogen-bond donors (Lipinski definition) is 1. The summed E-state index contributed by atoms with van der Waals surface area (Å²) in [5, 5.41) is 9.16. The number of amides is 1. The Morgan fingerprint density at radius 3 is 2.65 bits per heavy atom. The molecular formula is C17H23NO2. The lowest BCUT2D eigenvalue weighted by Gasteiger charge is -2.23. The topological polar surface area (TPSA) is 40.5 Å². The number of benzene rings is 1. The van der Waals surface area contributed by atoms with Crippen molar-refractivity contribution < 1.29 is 9.90 Å². The van der Waals surface area contributed by atoms with Crippen LogP contribution in [0.15, 0.2) is 42.0 Å². The van der Waals surface area contributed by atoms with Crippen molar-refractivity contribution in [3.63, 3.8) is 0 Å². The number of hydrogen-bond acceptors (Lipinski definition) is 2. The fourth-order valence-electron chi connectivity index (χ4n) is 2.59. The molecule has 0 saturated heterocycles. The second-order valence-corrected chi connectivity index (χ2v) is 5.31. The lowest BCUT2D eigenvalue weighted by molar-refractivity contribution is -0.131. The molecule has 108 valence electrons.